The molecule has 0 bridgehead atoms. The topological polar surface area (TPSA) is 40.5 Å². The number of nitrogens with zero attached hydrogens (tertiary/aromatic N) is 1. The van der Waals surface area contributed by atoms with E-state index in [-0.39, 0.29) is 17.4 Å². The van der Waals surface area contributed by atoms with E-state index in [0.29, 0.717) is 11.6 Å². The summed E-state index contributed by atoms with van der Waals surface area (Å²) in [6.07, 6.45) is 3.14. The maximum atomic E-state index is 12.7. The van der Waals surface area contributed by atoms with Crippen LogP contribution >= 0.6 is 11.6 Å². The number of rotatable bonds is 2. The molecule has 0 aromatic heterocycles. The zero-order valence-electron chi connectivity index (χ0n) is 10.8. The molecule has 1 N–H and O–H groups in total. The van der Waals surface area contributed by atoms with E-state index in [1.54, 1.807) is 0 Å². The van der Waals surface area contributed by atoms with Crippen molar-refractivity contribution in [3.8, 4) is 0 Å². The lowest BCUT2D eigenvalue weighted by molar-refractivity contribution is -0.137. The van der Waals surface area contributed by atoms with E-state index in [1.165, 1.54) is 0 Å². The van der Waals surface area contributed by atoms with Crippen LogP contribution in [0.3, 0.4) is 0 Å². The highest BCUT2D eigenvalue weighted by molar-refractivity contribution is 6.30. The summed E-state index contributed by atoms with van der Waals surface area (Å²) in [4.78, 5) is 14.5. The van der Waals surface area contributed by atoms with Crippen molar-refractivity contribution in [3.05, 3.63) is 34.9 Å². The van der Waals surface area contributed by atoms with Gasteiger partial charge >= 0.3 is 0 Å². The minimum Gasteiger partial charge on any atom is -0.391 e. The third-order valence-electron chi connectivity index (χ3n) is 4.24. The molecule has 2 fully saturated rings. The fraction of sp³-hybridized carbons (Fsp3) is 0.533. The Labute approximate surface area is 118 Å². The molecule has 1 saturated heterocycles. The van der Waals surface area contributed by atoms with Crippen LogP contribution in [-0.4, -0.2) is 35.1 Å². The van der Waals surface area contributed by atoms with Gasteiger partial charge in [0.05, 0.1) is 11.5 Å². The number of likely N-dealkylation sites (tertiary alicyclic amines) is 1. The Morgan fingerprint density at radius 1 is 1.32 bits per heavy atom. The Kier molecular flexibility index (Phi) is 3.27. The van der Waals surface area contributed by atoms with Crippen molar-refractivity contribution in [3.63, 3.8) is 0 Å². The first-order valence-corrected chi connectivity index (χ1v) is 7.23. The lowest BCUT2D eigenvalue weighted by atomic mass is 9.93. The predicted octanol–water partition coefficient (Wildman–Crippen LogP) is 2.35. The highest BCUT2D eigenvalue weighted by atomic mass is 35.5. The number of carbonyl (C=O) groups is 1. The average Bonchev–Trinajstić information content (AvgIpc) is 3.20. The number of piperidine rings is 1. The third-order valence-corrected chi connectivity index (χ3v) is 4.49. The lowest BCUT2D eigenvalue weighted by Gasteiger charge is -2.33. The molecule has 1 aromatic rings. The first-order chi connectivity index (χ1) is 9.12. The van der Waals surface area contributed by atoms with Crippen LogP contribution in [0.4, 0.5) is 0 Å². The molecule has 0 radical (unpaired) electrons. The van der Waals surface area contributed by atoms with Crippen molar-refractivity contribution in [1.82, 2.24) is 4.90 Å². The average molecular weight is 280 g/mol. The number of halogens is 1. The van der Waals surface area contributed by atoms with Gasteiger partial charge in [-0.3, -0.25) is 4.79 Å². The van der Waals surface area contributed by atoms with Gasteiger partial charge in [-0.15, -0.1) is 0 Å². The van der Waals surface area contributed by atoms with Crippen molar-refractivity contribution >= 4 is 17.5 Å². The molecule has 19 heavy (non-hydrogen) atoms. The summed E-state index contributed by atoms with van der Waals surface area (Å²) in [6.45, 7) is 1.25. The monoisotopic (exact) mass is 279 g/mol. The molecule has 1 heterocycles. The van der Waals surface area contributed by atoms with Gasteiger partial charge in [0, 0.05) is 18.1 Å². The van der Waals surface area contributed by atoms with Gasteiger partial charge in [-0.1, -0.05) is 23.7 Å². The highest BCUT2D eigenvalue weighted by Crippen LogP contribution is 2.50. The van der Waals surface area contributed by atoms with E-state index in [0.717, 1.165) is 37.8 Å². The number of aliphatic hydroxyl groups excluding tert-OH is 1. The molecule has 1 aliphatic heterocycles. The number of carbonyl (C=O) groups excluding carboxylic acids is 1. The maximum absolute atomic E-state index is 12.7. The van der Waals surface area contributed by atoms with Gasteiger partial charge in [0.25, 0.3) is 0 Å². The molecule has 1 atom stereocenters. The molecule has 0 spiro atoms. The van der Waals surface area contributed by atoms with E-state index in [4.69, 9.17) is 11.6 Å². The molecule has 102 valence electrons. The van der Waals surface area contributed by atoms with E-state index >= 15 is 0 Å². The SMILES string of the molecule is O=C(N1CCCC(O)C1)C1(c2ccc(Cl)cc2)CC1. The van der Waals surface area contributed by atoms with Crippen LogP contribution in [0.25, 0.3) is 0 Å². The van der Waals surface area contributed by atoms with Gasteiger partial charge in [-0.2, -0.15) is 0 Å². The fourth-order valence-electron chi connectivity index (χ4n) is 2.96. The van der Waals surface area contributed by atoms with Crippen LogP contribution in [-0.2, 0) is 10.2 Å². The summed E-state index contributed by atoms with van der Waals surface area (Å²) in [7, 11) is 0. The molecular formula is C15H18ClNO2. The zero-order chi connectivity index (χ0) is 13.5. The van der Waals surface area contributed by atoms with Gasteiger partial charge < -0.3 is 10.0 Å². The first kappa shape index (κ1) is 12.9. The summed E-state index contributed by atoms with van der Waals surface area (Å²) in [6, 6.07) is 7.59. The van der Waals surface area contributed by atoms with Crippen molar-refractivity contribution < 1.29 is 9.90 Å². The Bertz CT molecular complexity index is 481. The quantitative estimate of drug-likeness (QED) is 0.903. The Morgan fingerprint density at radius 2 is 2.00 bits per heavy atom. The van der Waals surface area contributed by atoms with E-state index in [9.17, 15) is 9.90 Å². The largest absolute Gasteiger partial charge is 0.391 e. The maximum Gasteiger partial charge on any atom is 0.233 e. The summed E-state index contributed by atoms with van der Waals surface area (Å²) >= 11 is 5.90. The molecule has 1 aliphatic carbocycles. The fourth-order valence-corrected chi connectivity index (χ4v) is 3.09. The van der Waals surface area contributed by atoms with E-state index < -0.39 is 0 Å². The van der Waals surface area contributed by atoms with Gasteiger partial charge in [0.1, 0.15) is 0 Å². The lowest BCUT2D eigenvalue weighted by Crippen LogP contribution is -2.46. The standard InChI is InChI=1S/C15H18ClNO2/c16-12-5-3-11(4-6-12)15(7-8-15)14(19)17-9-1-2-13(18)10-17/h3-6,13,18H,1-2,7-10H2. The Hall–Kier alpha value is -1.06. The van der Waals surface area contributed by atoms with Crippen molar-refractivity contribution in [2.45, 2.75) is 37.2 Å². The van der Waals surface area contributed by atoms with Crippen LogP contribution in [0, 0.1) is 0 Å². The Balaban J connectivity index is 1.80. The second kappa shape index (κ2) is 4.80. The smallest absolute Gasteiger partial charge is 0.233 e. The molecule has 3 nitrogen and oxygen atoms in total. The molecule has 1 amide bonds. The molecule has 1 aromatic carbocycles. The summed E-state index contributed by atoms with van der Waals surface area (Å²) in [5.74, 6) is 0.175. The van der Waals surface area contributed by atoms with Crippen LogP contribution in [0.15, 0.2) is 24.3 Å². The summed E-state index contributed by atoms with van der Waals surface area (Å²) in [5.41, 5.74) is 0.712. The second-order valence-corrected chi connectivity index (χ2v) is 6.07. The number of benzene rings is 1. The number of β-amino-alcohol motifs (C(OH)–C–C–N with tert-alkyl or cyclic N) is 1. The zero-order valence-corrected chi connectivity index (χ0v) is 11.6. The molecular weight excluding hydrogens is 262 g/mol. The van der Waals surface area contributed by atoms with Gasteiger partial charge in [0.2, 0.25) is 5.91 Å². The molecule has 1 saturated carbocycles. The highest BCUT2D eigenvalue weighted by Gasteiger charge is 2.53. The molecule has 4 heteroatoms. The van der Waals surface area contributed by atoms with Crippen molar-refractivity contribution in [2.24, 2.45) is 0 Å². The molecule has 1 unspecified atom stereocenters. The van der Waals surface area contributed by atoms with Crippen LogP contribution in [0.2, 0.25) is 5.02 Å². The second-order valence-electron chi connectivity index (χ2n) is 5.64. The minimum absolute atomic E-state index is 0.175. The van der Waals surface area contributed by atoms with Crippen LogP contribution < -0.4 is 0 Å². The van der Waals surface area contributed by atoms with Crippen molar-refractivity contribution in [2.75, 3.05) is 13.1 Å². The number of amides is 1. The number of aliphatic hydroxyl groups is 1. The van der Waals surface area contributed by atoms with Gasteiger partial charge in [0.15, 0.2) is 0 Å². The van der Waals surface area contributed by atoms with Crippen LogP contribution in [0.5, 0.6) is 0 Å². The van der Waals surface area contributed by atoms with Crippen LogP contribution in [0.1, 0.15) is 31.2 Å². The minimum atomic E-state index is -0.362. The van der Waals surface area contributed by atoms with Gasteiger partial charge in [-0.05, 0) is 43.4 Å². The van der Waals surface area contributed by atoms with Gasteiger partial charge in [-0.25, -0.2) is 0 Å². The predicted molar refractivity (Wildman–Crippen MR) is 74.2 cm³/mol. The number of hydrogen-bond acceptors (Lipinski definition) is 2. The van der Waals surface area contributed by atoms with E-state index in [2.05, 4.69) is 0 Å². The van der Waals surface area contributed by atoms with Crippen molar-refractivity contribution in [1.29, 1.82) is 0 Å². The Morgan fingerprint density at radius 3 is 2.58 bits per heavy atom. The molecule has 2 aliphatic rings. The number of hydrogen-bond donors (Lipinski definition) is 1. The summed E-state index contributed by atoms with van der Waals surface area (Å²) in [5, 5.41) is 10.4. The molecule has 3 rings (SSSR count). The normalized spacial score (nSPS) is 25.2. The summed E-state index contributed by atoms with van der Waals surface area (Å²) < 4.78 is 0. The third kappa shape index (κ3) is 2.37. The first-order valence-electron chi connectivity index (χ1n) is 6.85. The van der Waals surface area contributed by atoms with E-state index in [1.807, 2.05) is 29.2 Å².